The van der Waals surface area contributed by atoms with E-state index in [-0.39, 0.29) is 11.9 Å². The van der Waals surface area contributed by atoms with Gasteiger partial charge in [-0.25, -0.2) is 4.39 Å². The summed E-state index contributed by atoms with van der Waals surface area (Å²) in [7, 11) is 1.90. The minimum Gasteiger partial charge on any atom is -0.310 e. The van der Waals surface area contributed by atoms with Gasteiger partial charge in [0.1, 0.15) is 5.82 Å². The van der Waals surface area contributed by atoms with Gasteiger partial charge in [0.15, 0.2) is 0 Å². The normalized spacial score (nSPS) is 12.6. The van der Waals surface area contributed by atoms with E-state index in [4.69, 9.17) is 0 Å². The van der Waals surface area contributed by atoms with Gasteiger partial charge >= 0.3 is 0 Å². The maximum Gasteiger partial charge on any atom is 0.126 e. The van der Waals surface area contributed by atoms with Crippen LogP contribution in [0.1, 0.15) is 18.1 Å². The number of nitrogens with zero attached hydrogens (tertiary/aromatic N) is 2. The lowest BCUT2D eigenvalue weighted by Gasteiger charge is -2.13. The van der Waals surface area contributed by atoms with Crippen molar-refractivity contribution >= 4 is 0 Å². The van der Waals surface area contributed by atoms with Crippen molar-refractivity contribution in [1.29, 1.82) is 0 Å². The fourth-order valence-corrected chi connectivity index (χ4v) is 1.92. The highest BCUT2D eigenvalue weighted by Gasteiger charge is 2.07. The largest absolute Gasteiger partial charge is 0.310 e. The zero-order valence-electron chi connectivity index (χ0n) is 10.7. The lowest BCUT2D eigenvalue weighted by atomic mass is 10.1. The summed E-state index contributed by atoms with van der Waals surface area (Å²) in [6, 6.07) is 7.14. The van der Waals surface area contributed by atoms with E-state index < -0.39 is 0 Å². The Bertz CT molecular complexity index is 507. The molecule has 4 heteroatoms. The Kier molecular flexibility index (Phi) is 4.10. The average Bonchev–Trinajstić information content (AvgIpc) is 2.76. The molecule has 96 valence electrons. The summed E-state index contributed by atoms with van der Waals surface area (Å²) < 4.78 is 15.3. The number of halogens is 1. The van der Waals surface area contributed by atoms with E-state index >= 15 is 0 Å². The van der Waals surface area contributed by atoms with Crippen LogP contribution in [0.5, 0.6) is 0 Å². The standard InChI is InChI=1S/C14H18FN3/c1-11(7-13-5-3-4-6-14(13)15)16-8-12-9-17-18(2)10-12/h3-6,9-11,16H,7-8H2,1-2H3. The summed E-state index contributed by atoms with van der Waals surface area (Å²) in [6.45, 7) is 2.81. The van der Waals surface area contributed by atoms with Crippen LogP contribution in [-0.2, 0) is 20.0 Å². The van der Waals surface area contributed by atoms with E-state index in [1.807, 2.05) is 31.6 Å². The third-order valence-corrected chi connectivity index (χ3v) is 2.90. The molecule has 1 atom stereocenters. The van der Waals surface area contributed by atoms with Gasteiger partial charge in [0.25, 0.3) is 0 Å². The summed E-state index contributed by atoms with van der Waals surface area (Å²) in [5, 5.41) is 7.48. The van der Waals surface area contributed by atoms with E-state index in [2.05, 4.69) is 17.3 Å². The molecule has 0 amide bonds. The van der Waals surface area contributed by atoms with Crippen LogP contribution in [-0.4, -0.2) is 15.8 Å². The smallest absolute Gasteiger partial charge is 0.126 e. The number of rotatable bonds is 5. The van der Waals surface area contributed by atoms with Gasteiger partial charge in [0, 0.05) is 31.4 Å². The van der Waals surface area contributed by atoms with Crippen molar-refractivity contribution in [2.75, 3.05) is 0 Å². The molecule has 2 aromatic rings. The maximum atomic E-state index is 13.5. The molecule has 0 spiro atoms. The van der Waals surface area contributed by atoms with E-state index in [0.29, 0.717) is 6.42 Å². The first-order chi connectivity index (χ1) is 8.65. The highest BCUT2D eigenvalue weighted by molar-refractivity contribution is 5.18. The van der Waals surface area contributed by atoms with Gasteiger partial charge in [-0.2, -0.15) is 5.10 Å². The number of hydrogen-bond acceptors (Lipinski definition) is 2. The molecule has 0 aliphatic carbocycles. The molecule has 2 rings (SSSR count). The van der Waals surface area contributed by atoms with Crippen molar-refractivity contribution in [1.82, 2.24) is 15.1 Å². The monoisotopic (exact) mass is 247 g/mol. The van der Waals surface area contributed by atoms with E-state index in [1.165, 1.54) is 6.07 Å². The number of benzene rings is 1. The SMILES string of the molecule is CC(Cc1ccccc1F)NCc1cnn(C)c1. The van der Waals surface area contributed by atoms with Gasteiger partial charge in [0.2, 0.25) is 0 Å². The van der Waals surface area contributed by atoms with Crippen LogP contribution in [0.3, 0.4) is 0 Å². The van der Waals surface area contributed by atoms with Crippen LogP contribution in [0.2, 0.25) is 0 Å². The minimum absolute atomic E-state index is 0.132. The molecule has 1 unspecified atom stereocenters. The fraction of sp³-hybridized carbons (Fsp3) is 0.357. The molecule has 1 aromatic carbocycles. The Morgan fingerprint density at radius 1 is 1.39 bits per heavy atom. The Morgan fingerprint density at radius 3 is 2.83 bits per heavy atom. The van der Waals surface area contributed by atoms with E-state index in [0.717, 1.165) is 17.7 Å². The summed E-state index contributed by atoms with van der Waals surface area (Å²) in [4.78, 5) is 0. The summed E-state index contributed by atoms with van der Waals surface area (Å²) in [6.07, 6.45) is 4.50. The minimum atomic E-state index is -0.132. The Balaban J connectivity index is 1.85. The molecule has 0 radical (unpaired) electrons. The van der Waals surface area contributed by atoms with Crippen molar-refractivity contribution < 1.29 is 4.39 Å². The molecule has 3 nitrogen and oxygen atoms in total. The van der Waals surface area contributed by atoms with Gasteiger partial charge in [0.05, 0.1) is 6.20 Å². The quantitative estimate of drug-likeness (QED) is 0.878. The van der Waals surface area contributed by atoms with Crippen LogP contribution in [0.25, 0.3) is 0 Å². The number of aromatic nitrogens is 2. The molecule has 0 saturated carbocycles. The predicted molar refractivity (Wildman–Crippen MR) is 69.6 cm³/mol. The predicted octanol–water partition coefficient (Wildman–Crippen LogP) is 2.28. The van der Waals surface area contributed by atoms with Crippen molar-refractivity contribution in [3.63, 3.8) is 0 Å². The Hall–Kier alpha value is -1.68. The third-order valence-electron chi connectivity index (χ3n) is 2.90. The van der Waals surface area contributed by atoms with E-state index in [9.17, 15) is 4.39 Å². The summed E-state index contributed by atoms with van der Waals surface area (Å²) in [5.41, 5.74) is 1.89. The highest BCUT2D eigenvalue weighted by atomic mass is 19.1. The molecule has 1 N–H and O–H groups in total. The van der Waals surface area contributed by atoms with Crippen LogP contribution >= 0.6 is 0 Å². The van der Waals surface area contributed by atoms with Crippen molar-refractivity contribution in [2.45, 2.75) is 25.9 Å². The molecule has 18 heavy (non-hydrogen) atoms. The molecule has 1 aromatic heterocycles. The molecule has 0 bridgehead atoms. The Labute approximate surface area is 107 Å². The van der Waals surface area contributed by atoms with E-state index in [1.54, 1.807) is 10.7 Å². The van der Waals surface area contributed by atoms with Crippen LogP contribution in [0.15, 0.2) is 36.7 Å². The Morgan fingerprint density at radius 2 is 2.17 bits per heavy atom. The molecule has 0 fully saturated rings. The molecular weight excluding hydrogens is 229 g/mol. The first-order valence-corrected chi connectivity index (χ1v) is 6.09. The van der Waals surface area contributed by atoms with Gasteiger partial charge < -0.3 is 5.32 Å². The topological polar surface area (TPSA) is 29.9 Å². The zero-order valence-corrected chi connectivity index (χ0v) is 10.7. The second-order valence-electron chi connectivity index (χ2n) is 4.60. The average molecular weight is 247 g/mol. The van der Waals surface area contributed by atoms with Crippen molar-refractivity contribution in [2.24, 2.45) is 7.05 Å². The van der Waals surface area contributed by atoms with Crippen LogP contribution < -0.4 is 5.32 Å². The summed E-state index contributed by atoms with van der Waals surface area (Å²) >= 11 is 0. The second kappa shape index (κ2) is 5.78. The highest BCUT2D eigenvalue weighted by Crippen LogP contribution is 2.09. The summed E-state index contributed by atoms with van der Waals surface area (Å²) in [5.74, 6) is -0.132. The van der Waals surface area contributed by atoms with Gasteiger partial charge in [-0.05, 0) is 25.0 Å². The van der Waals surface area contributed by atoms with Gasteiger partial charge in [-0.1, -0.05) is 18.2 Å². The third kappa shape index (κ3) is 3.40. The fourth-order valence-electron chi connectivity index (χ4n) is 1.92. The van der Waals surface area contributed by atoms with Crippen LogP contribution in [0, 0.1) is 5.82 Å². The molecule has 0 aliphatic rings. The zero-order chi connectivity index (χ0) is 13.0. The number of aryl methyl sites for hydroxylation is 1. The number of hydrogen-bond donors (Lipinski definition) is 1. The van der Waals surface area contributed by atoms with Gasteiger partial charge in [-0.3, -0.25) is 4.68 Å². The first kappa shape index (κ1) is 12.8. The first-order valence-electron chi connectivity index (χ1n) is 6.09. The lowest BCUT2D eigenvalue weighted by Crippen LogP contribution is -2.27. The maximum absolute atomic E-state index is 13.5. The lowest BCUT2D eigenvalue weighted by molar-refractivity contribution is 0.526. The molecule has 1 heterocycles. The molecular formula is C14H18FN3. The van der Waals surface area contributed by atoms with Crippen molar-refractivity contribution in [3.8, 4) is 0 Å². The molecule has 0 saturated heterocycles. The molecule has 0 aliphatic heterocycles. The number of nitrogens with one attached hydrogen (secondary N) is 1. The van der Waals surface area contributed by atoms with Gasteiger partial charge in [-0.15, -0.1) is 0 Å². The van der Waals surface area contributed by atoms with Crippen LogP contribution in [0.4, 0.5) is 4.39 Å². The van der Waals surface area contributed by atoms with Crippen molar-refractivity contribution in [3.05, 3.63) is 53.6 Å². The second-order valence-corrected chi connectivity index (χ2v) is 4.60.